The third kappa shape index (κ3) is 5.21. The van der Waals surface area contributed by atoms with Crippen LogP contribution in [0.1, 0.15) is 12.8 Å². The standard InChI is InChI=1S/C22H22ClN3O2S/c23-17-10-8-16(9-11-17)21-25-20(15-5-2-1-3-6-15)22(26-21)29-14-19(27)24-13-18-7-4-12-28-18/h1-3,5-6,8-11,18H,4,7,12-14H2,(H,24,27)(H,25,26)/t18-/m0/s1. The predicted molar refractivity (Wildman–Crippen MR) is 117 cm³/mol. The summed E-state index contributed by atoms with van der Waals surface area (Å²) in [7, 11) is 0. The number of thioether (sulfide) groups is 1. The van der Waals surface area contributed by atoms with Gasteiger partial charge in [-0.15, -0.1) is 0 Å². The van der Waals surface area contributed by atoms with Gasteiger partial charge in [0, 0.05) is 29.3 Å². The molecule has 2 aromatic carbocycles. The fraction of sp³-hybridized carbons (Fsp3) is 0.273. The van der Waals surface area contributed by atoms with Crippen LogP contribution < -0.4 is 5.32 Å². The van der Waals surface area contributed by atoms with Crippen LogP contribution in [0.25, 0.3) is 22.6 Å². The number of hydrogen-bond donors (Lipinski definition) is 2. The molecule has 1 atom stereocenters. The van der Waals surface area contributed by atoms with Crippen molar-refractivity contribution in [2.24, 2.45) is 0 Å². The van der Waals surface area contributed by atoms with Crippen LogP contribution in [0.3, 0.4) is 0 Å². The fourth-order valence-corrected chi connectivity index (χ4v) is 4.19. The monoisotopic (exact) mass is 427 g/mol. The molecule has 2 N–H and O–H groups in total. The zero-order chi connectivity index (χ0) is 20.1. The number of hydrogen-bond acceptors (Lipinski definition) is 4. The first-order valence-corrected chi connectivity index (χ1v) is 11.0. The summed E-state index contributed by atoms with van der Waals surface area (Å²) < 4.78 is 5.56. The number of carbonyl (C=O) groups is 1. The van der Waals surface area contributed by atoms with Crippen LogP contribution in [0.15, 0.2) is 59.6 Å². The second-order valence-electron chi connectivity index (χ2n) is 6.87. The fourth-order valence-electron chi connectivity index (χ4n) is 3.22. The molecule has 7 heteroatoms. The van der Waals surface area contributed by atoms with E-state index in [1.54, 1.807) is 0 Å². The lowest BCUT2D eigenvalue weighted by Crippen LogP contribution is -2.32. The Morgan fingerprint density at radius 1 is 1.17 bits per heavy atom. The Kier molecular flexibility index (Phi) is 6.54. The highest BCUT2D eigenvalue weighted by Gasteiger charge is 2.18. The van der Waals surface area contributed by atoms with Crippen LogP contribution in [0, 0.1) is 0 Å². The lowest BCUT2D eigenvalue weighted by molar-refractivity contribution is -0.119. The molecule has 4 rings (SSSR count). The van der Waals surface area contributed by atoms with Crippen LogP contribution in [-0.4, -0.2) is 40.9 Å². The van der Waals surface area contributed by atoms with E-state index < -0.39 is 0 Å². The number of carbonyl (C=O) groups excluding carboxylic acids is 1. The van der Waals surface area contributed by atoms with Gasteiger partial charge in [0.1, 0.15) is 10.9 Å². The molecule has 0 unspecified atom stereocenters. The summed E-state index contributed by atoms with van der Waals surface area (Å²) in [6.07, 6.45) is 2.22. The Morgan fingerprint density at radius 2 is 1.97 bits per heavy atom. The topological polar surface area (TPSA) is 67.0 Å². The van der Waals surface area contributed by atoms with Gasteiger partial charge in [-0.2, -0.15) is 0 Å². The summed E-state index contributed by atoms with van der Waals surface area (Å²) in [4.78, 5) is 20.5. The van der Waals surface area contributed by atoms with E-state index in [1.165, 1.54) is 11.8 Å². The van der Waals surface area contributed by atoms with Crippen molar-refractivity contribution in [3.05, 3.63) is 59.6 Å². The highest BCUT2D eigenvalue weighted by molar-refractivity contribution is 8.00. The molecule has 150 valence electrons. The van der Waals surface area contributed by atoms with Crippen molar-refractivity contribution in [3.8, 4) is 22.6 Å². The largest absolute Gasteiger partial charge is 0.376 e. The van der Waals surface area contributed by atoms with E-state index >= 15 is 0 Å². The lowest BCUT2D eigenvalue weighted by atomic mass is 10.2. The van der Waals surface area contributed by atoms with Gasteiger partial charge < -0.3 is 15.0 Å². The summed E-state index contributed by atoms with van der Waals surface area (Å²) in [5.41, 5.74) is 2.89. The number of amides is 1. The molecule has 29 heavy (non-hydrogen) atoms. The molecule has 2 heterocycles. The maximum absolute atomic E-state index is 12.3. The van der Waals surface area contributed by atoms with Gasteiger partial charge in [-0.25, -0.2) is 4.98 Å². The molecule has 1 aromatic heterocycles. The second kappa shape index (κ2) is 9.48. The summed E-state index contributed by atoms with van der Waals surface area (Å²) >= 11 is 7.43. The molecule has 1 saturated heterocycles. The summed E-state index contributed by atoms with van der Waals surface area (Å²) in [5.74, 6) is 1.04. The van der Waals surface area contributed by atoms with Gasteiger partial charge in [-0.05, 0) is 37.1 Å². The van der Waals surface area contributed by atoms with Crippen molar-refractivity contribution < 1.29 is 9.53 Å². The van der Waals surface area contributed by atoms with Gasteiger partial charge in [-0.3, -0.25) is 4.79 Å². The first-order chi connectivity index (χ1) is 14.2. The minimum absolute atomic E-state index is 0.0134. The van der Waals surface area contributed by atoms with Crippen molar-refractivity contribution >= 4 is 29.3 Å². The normalized spacial score (nSPS) is 16.1. The number of benzene rings is 2. The van der Waals surface area contributed by atoms with Crippen LogP contribution >= 0.6 is 23.4 Å². The average Bonchev–Trinajstić information content (AvgIpc) is 3.42. The van der Waals surface area contributed by atoms with Crippen LogP contribution in [0.4, 0.5) is 0 Å². The third-order valence-corrected chi connectivity index (χ3v) is 5.97. The molecule has 0 spiro atoms. The van der Waals surface area contributed by atoms with Crippen LogP contribution in [0.2, 0.25) is 5.02 Å². The van der Waals surface area contributed by atoms with E-state index in [0.29, 0.717) is 17.3 Å². The molecule has 1 fully saturated rings. The molecule has 0 bridgehead atoms. The molecule has 0 aliphatic carbocycles. The Morgan fingerprint density at radius 3 is 2.69 bits per heavy atom. The van der Waals surface area contributed by atoms with Gasteiger partial charge >= 0.3 is 0 Å². The van der Waals surface area contributed by atoms with Gasteiger partial charge in [0.25, 0.3) is 0 Å². The molecule has 5 nitrogen and oxygen atoms in total. The van der Waals surface area contributed by atoms with Crippen molar-refractivity contribution in [3.63, 3.8) is 0 Å². The molecule has 0 radical (unpaired) electrons. The van der Waals surface area contributed by atoms with Crippen molar-refractivity contribution in [2.75, 3.05) is 18.9 Å². The Bertz CT molecular complexity index is 954. The van der Waals surface area contributed by atoms with Crippen LogP contribution in [-0.2, 0) is 9.53 Å². The zero-order valence-corrected chi connectivity index (χ0v) is 17.4. The molecule has 1 amide bonds. The highest BCUT2D eigenvalue weighted by Crippen LogP contribution is 2.32. The van der Waals surface area contributed by atoms with Gasteiger partial charge in [0.05, 0.1) is 17.6 Å². The van der Waals surface area contributed by atoms with Gasteiger partial charge in [0.15, 0.2) is 0 Å². The minimum Gasteiger partial charge on any atom is -0.376 e. The number of nitrogens with one attached hydrogen (secondary N) is 2. The number of aromatic nitrogens is 2. The SMILES string of the molecule is O=C(CSc1nc(-c2ccc(Cl)cc2)[nH]c1-c1ccccc1)NC[C@@H]1CCCO1. The first-order valence-electron chi connectivity index (χ1n) is 9.61. The highest BCUT2D eigenvalue weighted by atomic mass is 35.5. The Balaban J connectivity index is 1.49. The predicted octanol–water partition coefficient (Wildman–Crippen LogP) is 4.78. The number of ether oxygens (including phenoxy) is 1. The van der Waals surface area contributed by atoms with E-state index in [4.69, 9.17) is 21.3 Å². The molecular formula is C22H22ClN3O2S. The summed E-state index contributed by atoms with van der Waals surface area (Å²) in [6, 6.07) is 17.5. The summed E-state index contributed by atoms with van der Waals surface area (Å²) in [5, 5.41) is 4.44. The quantitative estimate of drug-likeness (QED) is 0.532. The molecule has 0 saturated carbocycles. The number of imidazole rings is 1. The first kappa shape index (κ1) is 20.0. The molecule has 1 aliphatic heterocycles. The minimum atomic E-state index is -0.0134. The second-order valence-corrected chi connectivity index (χ2v) is 8.27. The number of aromatic amines is 1. The third-order valence-electron chi connectivity index (χ3n) is 4.74. The smallest absolute Gasteiger partial charge is 0.230 e. The number of halogens is 1. The maximum atomic E-state index is 12.3. The van der Waals surface area contributed by atoms with E-state index in [0.717, 1.165) is 47.1 Å². The van der Waals surface area contributed by atoms with Crippen LogP contribution in [0.5, 0.6) is 0 Å². The van der Waals surface area contributed by atoms with Crippen molar-refractivity contribution in [1.82, 2.24) is 15.3 Å². The Hall–Kier alpha value is -2.28. The van der Waals surface area contributed by atoms with Gasteiger partial charge in [0.2, 0.25) is 5.91 Å². The number of rotatable bonds is 7. The lowest BCUT2D eigenvalue weighted by Gasteiger charge is -2.10. The molecule has 1 aliphatic rings. The van der Waals surface area contributed by atoms with E-state index in [9.17, 15) is 4.79 Å². The van der Waals surface area contributed by atoms with Gasteiger partial charge in [-0.1, -0.05) is 53.7 Å². The van der Waals surface area contributed by atoms with E-state index in [-0.39, 0.29) is 12.0 Å². The Labute approximate surface area is 179 Å². The number of H-pyrrole nitrogens is 1. The molecular weight excluding hydrogens is 406 g/mol. The summed E-state index contributed by atoms with van der Waals surface area (Å²) in [6.45, 7) is 1.36. The van der Waals surface area contributed by atoms with E-state index in [2.05, 4.69) is 10.3 Å². The van der Waals surface area contributed by atoms with Crippen molar-refractivity contribution in [2.45, 2.75) is 24.0 Å². The average molecular weight is 428 g/mol. The molecule has 3 aromatic rings. The van der Waals surface area contributed by atoms with E-state index in [1.807, 2.05) is 54.6 Å². The zero-order valence-electron chi connectivity index (χ0n) is 15.9. The maximum Gasteiger partial charge on any atom is 0.230 e. The number of nitrogens with zero attached hydrogens (tertiary/aromatic N) is 1. The van der Waals surface area contributed by atoms with Crippen molar-refractivity contribution in [1.29, 1.82) is 0 Å².